The summed E-state index contributed by atoms with van der Waals surface area (Å²) in [6.07, 6.45) is 3.91. The van der Waals surface area contributed by atoms with Crippen LogP contribution in [-0.4, -0.2) is 27.4 Å². The van der Waals surface area contributed by atoms with Crippen LogP contribution in [0.5, 0.6) is 0 Å². The van der Waals surface area contributed by atoms with Gasteiger partial charge in [-0.2, -0.15) is 5.10 Å². The highest BCUT2D eigenvalue weighted by atomic mass is 15.3. The van der Waals surface area contributed by atoms with Crippen molar-refractivity contribution in [1.29, 1.82) is 0 Å². The minimum absolute atomic E-state index is 0.587. The summed E-state index contributed by atoms with van der Waals surface area (Å²) < 4.78 is 2.01. The number of hydrogen-bond acceptors (Lipinski definition) is 3. The van der Waals surface area contributed by atoms with Crippen LogP contribution < -0.4 is 5.32 Å². The Bertz CT molecular complexity index is 299. The van der Waals surface area contributed by atoms with E-state index in [0.717, 1.165) is 24.7 Å². The second kappa shape index (κ2) is 4.09. The Labute approximate surface area is 84.7 Å². The Morgan fingerprint density at radius 2 is 2.29 bits per heavy atom. The highest BCUT2D eigenvalue weighted by Gasteiger charge is 2.14. The van der Waals surface area contributed by atoms with Gasteiger partial charge in [0, 0.05) is 6.04 Å². The maximum Gasteiger partial charge on any atom is 0.147 e. The average Bonchev–Trinajstić information content (AvgIpc) is 2.47. The first-order chi connectivity index (χ1) is 6.75. The summed E-state index contributed by atoms with van der Waals surface area (Å²) >= 11 is 0. The summed E-state index contributed by atoms with van der Waals surface area (Å²) in [5, 5.41) is 7.89. The van der Waals surface area contributed by atoms with Crippen molar-refractivity contribution < 1.29 is 0 Å². The van der Waals surface area contributed by atoms with Crippen LogP contribution in [0.2, 0.25) is 0 Å². The quantitative estimate of drug-likeness (QED) is 0.765. The molecule has 14 heavy (non-hydrogen) atoms. The molecule has 1 aromatic heterocycles. The standard InChI is InChI=1S/C10H18N4/c1-8-12-9(2)14(13-8)7-10-5-3-4-6-11-10/h10-11H,3-7H2,1-2H3. The summed E-state index contributed by atoms with van der Waals surface area (Å²) in [6, 6.07) is 0.587. The SMILES string of the molecule is Cc1nc(C)n(CC2CCCCN2)n1. The van der Waals surface area contributed by atoms with Gasteiger partial charge in [0.2, 0.25) is 0 Å². The van der Waals surface area contributed by atoms with Gasteiger partial charge in [-0.15, -0.1) is 0 Å². The second-order valence-electron chi connectivity index (χ2n) is 4.04. The zero-order chi connectivity index (χ0) is 9.97. The summed E-state index contributed by atoms with van der Waals surface area (Å²) in [5.41, 5.74) is 0. The fraction of sp³-hybridized carbons (Fsp3) is 0.800. The Morgan fingerprint density at radius 3 is 2.86 bits per heavy atom. The highest BCUT2D eigenvalue weighted by Crippen LogP contribution is 2.09. The lowest BCUT2D eigenvalue weighted by Gasteiger charge is -2.23. The highest BCUT2D eigenvalue weighted by molar-refractivity contribution is 4.89. The van der Waals surface area contributed by atoms with E-state index in [0.29, 0.717) is 6.04 Å². The van der Waals surface area contributed by atoms with Gasteiger partial charge in [-0.05, 0) is 33.2 Å². The molecule has 2 heterocycles. The van der Waals surface area contributed by atoms with Crippen LogP contribution in [-0.2, 0) is 6.54 Å². The predicted molar refractivity (Wildman–Crippen MR) is 55.1 cm³/mol. The van der Waals surface area contributed by atoms with Gasteiger partial charge in [-0.3, -0.25) is 0 Å². The molecule has 0 radical (unpaired) electrons. The molecule has 0 bridgehead atoms. The van der Waals surface area contributed by atoms with Gasteiger partial charge in [0.15, 0.2) is 0 Å². The first-order valence-electron chi connectivity index (χ1n) is 5.37. The van der Waals surface area contributed by atoms with Gasteiger partial charge in [-0.25, -0.2) is 9.67 Å². The van der Waals surface area contributed by atoms with Gasteiger partial charge >= 0.3 is 0 Å². The lowest BCUT2D eigenvalue weighted by molar-refractivity contribution is 0.347. The Kier molecular flexibility index (Phi) is 2.82. The van der Waals surface area contributed by atoms with Gasteiger partial charge in [0.05, 0.1) is 6.54 Å². The van der Waals surface area contributed by atoms with Crippen LogP contribution in [0.25, 0.3) is 0 Å². The van der Waals surface area contributed by atoms with E-state index in [9.17, 15) is 0 Å². The monoisotopic (exact) mass is 194 g/mol. The van der Waals surface area contributed by atoms with Gasteiger partial charge in [0.25, 0.3) is 0 Å². The largest absolute Gasteiger partial charge is 0.312 e. The van der Waals surface area contributed by atoms with Crippen LogP contribution in [0.15, 0.2) is 0 Å². The first kappa shape index (κ1) is 9.65. The molecule has 78 valence electrons. The molecule has 1 aromatic rings. The van der Waals surface area contributed by atoms with Crippen LogP contribution in [0.1, 0.15) is 30.9 Å². The van der Waals surface area contributed by atoms with Crippen molar-refractivity contribution in [2.45, 2.75) is 45.7 Å². The van der Waals surface area contributed by atoms with Crippen LogP contribution >= 0.6 is 0 Å². The van der Waals surface area contributed by atoms with Gasteiger partial charge in [0.1, 0.15) is 11.6 Å². The van der Waals surface area contributed by atoms with Gasteiger partial charge in [-0.1, -0.05) is 6.42 Å². The maximum absolute atomic E-state index is 4.37. The van der Waals surface area contributed by atoms with Crippen molar-refractivity contribution in [3.8, 4) is 0 Å². The molecule has 0 aromatic carbocycles. The third-order valence-corrected chi connectivity index (χ3v) is 2.77. The summed E-state index contributed by atoms with van der Waals surface area (Å²) in [6.45, 7) is 6.07. The lowest BCUT2D eigenvalue weighted by atomic mass is 10.1. The summed E-state index contributed by atoms with van der Waals surface area (Å²) in [4.78, 5) is 4.30. The predicted octanol–water partition coefficient (Wildman–Crippen LogP) is 1.04. The summed E-state index contributed by atoms with van der Waals surface area (Å²) in [7, 11) is 0. The number of aromatic nitrogens is 3. The van der Waals surface area contributed by atoms with Crippen molar-refractivity contribution in [3.05, 3.63) is 11.6 Å². The fourth-order valence-electron chi connectivity index (χ4n) is 2.02. The van der Waals surface area contributed by atoms with E-state index in [1.165, 1.54) is 19.3 Å². The van der Waals surface area contributed by atoms with E-state index < -0.39 is 0 Å². The minimum Gasteiger partial charge on any atom is -0.312 e. The van der Waals surface area contributed by atoms with E-state index >= 15 is 0 Å². The molecular formula is C10H18N4. The zero-order valence-electron chi connectivity index (χ0n) is 8.95. The Hall–Kier alpha value is -0.900. The third-order valence-electron chi connectivity index (χ3n) is 2.77. The van der Waals surface area contributed by atoms with Crippen molar-refractivity contribution in [2.24, 2.45) is 0 Å². The van der Waals surface area contributed by atoms with Crippen LogP contribution in [0.3, 0.4) is 0 Å². The maximum atomic E-state index is 4.37. The zero-order valence-corrected chi connectivity index (χ0v) is 8.95. The molecule has 1 aliphatic rings. The molecule has 1 N–H and O–H groups in total. The smallest absolute Gasteiger partial charge is 0.147 e. The molecule has 2 rings (SSSR count). The molecule has 1 aliphatic heterocycles. The van der Waals surface area contributed by atoms with Crippen molar-refractivity contribution in [1.82, 2.24) is 20.1 Å². The number of nitrogens with zero attached hydrogens (tertiary/aromatic N) is 3. The fourth-order valence-corrected chi connectivity index (χ4v) is 2.02. The second-order valence-corrected chi connectivity index (χ2v) is 4.04. The first-order valence-corrected chi connectivity index (χ1v) is 5.37. The number of hydrogen-bond donors (Lipinski definition) is 1. The number of piperidine rings is 1. The molecule has 1 saturated heterocycles. The lowest BCUT2D eigenvalue weighted by Crippen LogP contribution is -2.37. The van der Waals surface area contributed by atoms with E-state index in [4.69, 9.17) is 0 Å². The van der Waals surface area contributed by atoms with Crippen LogP contribution in [0.4, 0.5) is 0 Å². The van der Waals surface area contributed by atoms with E-state index in [-0.39, 0.29) is 0 Å². The molecule has 0 aliphatic carbocycles. The molecule has 0 saturated carbocycles. The molecule has 4 heteroatoms. The summed E-state index contributed by atoms with van der Waals surface area (Å²) in [5.74, 6) is 1.90. The molecule has 1 atom stereocenters. The van der Waals surface area contributed by atoms with E-state index in [1.54, 1.807) is 0 Å². The number of aryl methyl sites for hydroxylation is 2. The number of rotatable bonds is 2. The normalized spacial score (nSPS) is 22.6. The van der Waals surface area contributed by atoms with E-state index in [2.05, 4.69) is 15.4 Å². The minimum atomic E-state index is 0.587. The molecular weight excluding hydrogens is 176 g/mol. The molecule has 1 unspecified atom stereocenters. The topological polar surface area (TPSA) is 42.7 Å². The Balaban J connectivity index is 1.98. The van der Waals surface area contributed by atoms with Crippen molar-refractivity contribution in [3.63, 3.8) is 0 Å². The molecule has 0 amide bonds. The molecule has 4 nitrogen and oxygen atoms in total. The number of nitrogens with one attached hydrogen (secondary N) is 1. The molecule has 1 fully saturated rings. The third kappa shape index (κ3) is 2.12. The van der Waals surface area contributed by atoms with E-state index in [1.807, 2.05) is 18.5 Å². The van der Waals surface area contributed by atoms with Crippen LogP contribution in [0, 0.1) is 13.8 Å². The van der Waals surface area contributed by atoms with Crippen molar-refractivity contribution in [2.75, 3.05) is 6.54 Å². The van der Waals surface area contributed by atoms with Gasteiger partial charge < -0.3 is 5.32 Å². The van der Waals surface area contributed by atoms with Crippen molar-refractivity contribution >= 4 is 0 Å². The average molecular weight is 194 g/mol. The molecule has 0 spiro atoms. The Morgan fingerprint density at radius 1 is 1.43 bits per heavy atom.